The third kappa shape index (κ3) is 5.73. The molecule has 38 heavy (non-hydrogen) atoms. The van der Waals surface area contributed by atoms with Gasteiger partial charge in [-0.1, -0.05) is 6.07 Å². The number of halogens is 2. The first-order valence-electron chi connectivity index (χ1n) is 11.9. The minimum atomic E-state index is -3.71. The highest BCUT2D eigenvalue weighted by atomic mass is 31.2. The summed E-state index contributed by atoms with van der Waals surface area (Å²) in [6.45, 7) is 4.75. The summed E-state index contributed by atoms with van der Waals surface area (Å²) in [6, 6.07) is 2.91. The highest BCUT2D eigenvalue weighted by Crippen LogP contribution is 2.55. The van der Waals surface area contributed by atoms with Gasteiger partial charge in [0.25, 0.3) is 5.91 Å². The number of rotatable bonds is 11. The van der Waals surface area contributed by atoms with E-state index in [0.717, 1.165) is 6.07 Å². The van der Waals surface area contributed by atoms with Crippen LogP contribution in [0.2, 0.25) is 0 Å². The summed E-state index contributed by atoms with van der Waals surface area (Å²) in [5, 5.41) is 2.43. The Kier molecular flexibility index (Phi) is 9.25. The fourth-order valence-corrected chi connectivity index (χ4v) is 6.73. The molecule has 2 atom stereocenters. The van der Waals surface area contributed by atoms with Gasteiger partial charge in [-0.2, -0.15) is 0 Å². The second kappa shape index (κ2) is 11.9. The number of benzene rings is 1. The Hall–Kier alpha value is -2.92. The number of nitrogens with zero attached hydrogens (tertiary/aromatic N) is 1. The van der Waals surface area contributed by atoms with Crippen molar-refractivity contribution in [1.29, 1.82) is 0 Å². The Balaban J connectivity index is 2.01. The fourth-order valence-electron chi connectivity index (χ4n) is 4.53. The molecule has 0 fully saturated rings. The van der Waals surface area contributed by atoms with Crippen molar-refractivity contribution in [2.45, 2.75) is 40.0 Å². The molecule has 13 heteroatoms. The van der Waals surface area contributed by atoms with Crippen LogP contribution in [0.25, 0.3) is 0 Å². The number of hydrogen-bond acceptors (Lipinski definition) is 8. The van der Waals surface area contributed by atoms with Crippen LogP contribution in [0.3, 0.4) is 0 Å². The highest BCUT2D eigenvalue weighted by molar-refractivity contribution is 7.53. The minimum absolute atomic E-state index is 0.00976. The van der Waals surface area contributed by atoms with Crippen LogP contribution < -0.4 is 15.5 Å². The molecule has 208 valence electrons. The largest absolute Gasteiger partial charge is 0.491 e. The molecular weight excluding hydrogens is 525 g/mol. The Morgan fingerprint density at radius 3 is 2.39 bits per heavy atom. The summed E-state index contributed by atoms with van der Waals surface area (Å²) in [5.74, 6) is -3.43. The van der Waals surface area contributed by atoms with Crippen molar-refractivity contribution < 1.29 is 41.5 Å². The zero-order valence-corrected chi connectivity index (χ0v) is 22.7. The molecule has 1 aromatic heterocycles. The number of carbonyl (C=O) groups is 2. The monoisotopic (exact) mass is 556 g/mol. The standard InChI is InChI=1S/C25H31F2N2O8P/c1-6-36-38(33,37-7-2)14-25(3)19(34-4)13-29-12-17(21(30)22(35-5)20(29)23(25)31)24(32)28-11-15-8-9-16(26)10-18(15)27/h8-10,12,19H,6-7,11,13-14H2,1-5H3,(H,28,32). The zero-order valence-electron chi connectivity index (χ0n) is 21.8. The van der Waals surface area contributed by atoms with Crippen LogP contribution in [0.4, 0.5) is 8.78 Å². The molecule has 1 N–H and O–H groups in total. The summed E-state index contributed by atoms with van der Waals surface area (Å²) in [4.78, 5) is 40.0. The molecule has 2 heterocycles. The number of hydrogen-bond donors (Lipinski definition) is 1. The number of ether oxygens (including phenoxy) is 2. The van der Waals surface area contributed by atoms with Gasteiger partial charge in [0.05, 0.1) is 44.5 Å². The lowest BCUT2D eigenvalue weighted by Gasteiger charge is -2.42. The number of methoxy groups -OCH3 is 2. The summed E-state index contributed by atoms with van der Waals surface area (Å²) in [7, 11) is -1.13. The van der Waals surface area contributed by atoms with Crippen LogP contribution in [-0.2, 0) is 31.4 Å². The van der Waals surface area contributed by atoms with Gasteiger partial charge in [-0.25, -0.2) is 8.78 Å². The smallest absolute Gasteiger partial charge is 0.331 e. The molecule has 1 aromatic carbocycles. The van der Waals surface area contributed by atoms with E-state index in [4.69, 9.17) is 18.5 Å². The quantitative estimate of drug-likeness (QED) is 0.417. The maximum atomic E-state index is 14.0. The molecule has 10 nitrogen and oxygen atoms in total. The van der Waals surface area contributed by atoms with Crippen molar-refractivity contribution in [3.05, 3.63) is 63.1 Å². The van der Waals surface area contributed by atoms with Crippen LogP contribution >= 0.6 is 7.60 Å². The fraction of sp³-hybridized carbons (Fsp3) is 0.480. The normalized spacial score (nSPS) is 19.2. The topological polar surface area (TPSA) is 122 Å². The van der Waals surface area contributed by atoms with Gasteiger partial charge in [-0.15, -0.1) is 0 Å². The van der Waals surface area contributed by atoms with Crippen LogP contribution in [-0.4, -0.2) is 56.0 Å². The number of nitrogens with one attached hydrogen (secondary N) is 1. The Bertz CT molecular complexity index is 1320. The number of carbonyl (C=O) groups excluding carboxylic acids is 2. The van der Waals surface area contributed by atoms with Gasteiger partial charge < -0.3 is 28.4 Å². The van der Waals surface area contributed by atoms with Gasteiger partial charge in [0.2, 0.25) is 5.43 Å². The van der Waals surface area contributed by atoms with E-state index < -0.39 is 47.9 Å². The van der Waals surface area contributed by atoms with Crippen molar-refractivity contribution in [3.8, 4) is 5.75 Å². The average molecular weight is 556 g/mol. The van der Waals surface area contributed by atoms with E-state index in [2.05, 4.69) is 5.32 Å². The van der Waals surface area contributed by atoms with Crippen molar-refractivity contribution in [1.82, 2.24) is 9.88 Å². The van der Waals surface area contributed by atoms with Crippen molar-refractivity contribution in [2.24, 2.45) is 5.41 Å². The molecule has 1 aliphatic rings. The van der Waals surface area contributed by atoms with Crippen molar-refractivity contribution >= 4 is 19.3 Å². The van der Waals surface area contributed by atoms with Gasteiger partial charge in [0.15, 0.2) is 11.5 Å². The molecule has 0 bridgehead atoms. The predicted molar refractivity (Wildman–Crippen MR) is 134 cm³/mol. The maximum Gasteiger partial charge on any atom is 0.331 e. The maximum absolute atomic E-state index is 14.0. The second-order valence-corrected chi connectivity index (χ2v) is 11.0. The molecular formula is C25H31F2N2O8P. The van der Waals surface area contributed by atoms with Gasteiger partial charge in [0.1, 0.15) is 22.9 Å². The van der Waals surface area contributed by atoms with Crippen LogP contribution in [0.1, 0.15) is 47.2 Å². The lowest BCUT2D eigenvalue weighted by atomic mass is 9.77. The lowest BCUT2D eigenvalue weighted by molar-refractivity contribution is -0.00851. The molecule has 0 saturated carbocycles. The molecule has 2 unspecified atom stereocenters. The number of pyridine rings is 1. The van der Waals surface area contributed by atoms with E-state index in [0.29, 0.717) is 6.07 Å². The van der Waals surface area contributed by atoms with Gasteiger partial charge >= 0.3 is 7.60 Å². The number of aromatic nitrogens is 1. The van der Waals surface area contributed by atoms with Gasteiger partial charge in [-0.05, 0) is 26.8 Å². The molecule has 2 aromatic rings. The van der Waals surface area contributed by atoms with E-state index in [1.165, 1.54) is 31.0 Å². The van der Waals surface area contributed by atoms with Crippen molar-refractivity contribution in [2.75, 3.05) is 33.6 Å². The second-order valence-electron chi connectivity index (χ2n) is 8.90. The Morgan fingerprint density at radius 1 is 1.18 bits per heavy atom. The first kappa shape index (κ1) is 29.6. The summed E-state index contributed by atoms with van der Waals surface area (Å²) < 4.78 is 63.5. The zero-order chi connectivity index (χ0) is 28.3. The van der Waals surface area contributed by atoms with E-state index in [1.807, 2.05) is 0 Å². The summed E-state index contributed by atoms with van der Waals surface area (Å²) in [6.07, 6.45) is 0.0696. The molecule has 0 radical (unpaired) electrons. The SMILES string of the molecule is CCOP(=O)(CC1(C)C(=O)c2c(OC)c(=O)c(C(=O)NCc3ccc(F)cc3F)cn2CC1OC)OCC. The first-order valence-corrected chi connectivity index (χ1v) is 13.7. The third-order valence-corrected chi connectivity index (χ3v) is 8.75. The van der Waals surface area contributed by atoms with Gasteiger partial charge in [0, 0.05) is 31.5 Å². The molecule has 0 saturated heterocycles. The van der Waals surface area contributed by atoms with Crippen LogP contribution in [0.5, 0.6) is 5.75 Å². The Labute approximate surface area is 218 Å². The van der Waals surface area contributed by atoms with E-state index in [9.17, 15) is 27.7 Å². The molecule has 1 aliphatic heterocycles. The van der Waals surface area contributed by atoms with Gasteiger partial charge in [-0.3, -0.25) is 18.9 Å². The molecule has 3 rings (SSSR count). The number of amides is 1. The number of Topliss-reactive ketones (excluding diaryl/α,β-unsaturated/α-hetero) is 1. The summed E-state index contributed by atoms with van der Waals surface area (Å²) >= 11 is 0. The van der Waals surface area contributed by atoms with Crippen LogP contribution in [0.15, 0.2) is 29.2 Å². The first-order chi connectivity index (χ1) is 17.9. The summed E-state index contributed by atoms with van der Waals surface area (Å²) in [5.41, 5.74) is -2.73. The highest BCUT2D eigenvalue weighted by Gasteiger charge is 2.52. The van der Waals surface area contributed by atoms with E-state index in [-0.39, 0.29) is 55.0 Å². The molecule has 1 amide bonds. The number of fused-ring (bicyclic) bond motifs is 1. The molecule has 0 spiro atoms. The third-order valence-electron chi connectivity index (χ3n) is 6.41. The minimum Gasteiger partial charge on any atom is -0.491 e. The molecule has 0 aliphatic carbocycles. The van der Waals surface area contributed by atoms with E-state index in [1.54, 1.807) is 20.8 Å². The van der Waals surface area contributed by atoms with E-state index >= 15 is 0 Å². The number of ketones is 1. The average Bonchev–Trinajstić information content (AvgIpc) is 2.85. The van der Waals surface area contributed by atoms with Crippen molar-refractivity contribution in [3.63, 3.8) is 0 Å². The Morgan fingerprint density at radius 2 is 1.84 bits per heavy atom. The lowest BCUT2D eigenvalue weighted by Crippen LogP contribution is -2.52. The predicted octanol–water partition coefficient (Wildman–Crippen LogP) is 3.55. The van der Waals surface area contributed by atoms with Crippen LogP contribution in [0, 0.1) is 17.0 Å².